The molecule has 15 atom stereocenters. The second-order valence-corrected chi connectivity index (χ2v) is 11.4. The summed E-state index contributed by atoms with van der Waals surface area (Å²) in [5.74, 6) is -1.88. The number of ether oxygens (including phenoxy) is 3. The van der Waals surface area contributed by atoms with Crippen molar-refractivity contribution in [2.75, 3.05) is 32.8 Å². The van der Waals surface area contributed by atoms with E-state index < -0.39 is 98.3 Å². The summed E-state index contributed by atoms with van der Waals surface area (Å²) in [6.45, 7) is 0.0765. The van der Waals surface area contributed by atoms with Gasteiger partial charge in [-0.05, 0) is 38.8 Å². The van der Waals surface area contributed by atoms with E-state index in [2.05, 4.69) is 10.6 Å². The van der Waals surface area contributed by atoms with Crippen molar-refractivity contribution in [2.24, 2.45) is 34.6 Å². The second kappa shape index (κ2) is 16.2. The van der Waals surface area contributed by atoms with E-state index in [-0.39, 0.29) is 25.1 Å². The van der Waals surface area contributed by atoms with Crippen molar-refractivity contribution >= 4 is 5.91 Å². The van der Waals surface area contributed by atoms with Crippen LogP contribution in [0.1, 0.15) is 25.7 Å². The molecule has 3 fully saturated rings. The zero-order chi connectivity index (χ0) is 31.1. The highest BCUT2D eigenvalue weighted by molar-refractivity contribution is 5.81. The van der Waals surface area contributed by atoms with Gasteiger partial charge in [0.25, 0.3) is 5.91 Å². The van der Waals surface area contributed by atoms with Gasteiger partial charge in [-0.1, -0.05) is 0 Å². The first-order valence-electron chi connectivity index (χ1n) is 14.6. The molecule has 2 saturated heterocycles. The van der Waals surface area contributed by atoms with Gasteiger partial charge in [-0.2, -0.15) is 0 Å². The van der Waals surface area contributed by atoms with Gasteiger partial charge in [-0.15, -0.1) is 0 Å². The summed E-state index contributed by atoms with van der Waals surface area (Å²) in [6.07, 6.45) is -11.5. The molecule has 246 valence electrons. The summed E-state index contributed by atoms with van der Waals surface area (Å²) in [5.41, 5.74) is 29.3. The third-order valence-electron chi connectivity index (χ3n) is 8.52. The molecular weight excluding hydrogens is 561 g/mol. The molecule has 1 aliphatic carbocycles. The van der Waals surface area contributed by atoms with Gasteiger partial charge < -0.3 is 79.0 Å². The maximum atomic E-state index is 14.0. The number of nitrogens with two attached hydrogens (primary N) is 5. The normalized spacial score (nSPS) is 42.6. The van der Waals surface area contributed by atoms with E-state index in [1.165, 1.54) is 0 Å². The van der Waals surface area contributed by atoms with Crippen molar-refractivity contribution in [3.63, 3.8) is 0 Å². The monoisotopic (exact) mass is 611 g/mol. The fourth-order valence-electron chi connectivity index (χ4n) is 6.05. The SMILES string of the molecule is NCCCNC1CCC(CN)OC1C1C(N)CC(NC(=O)C(O)C(F)CN)C(OC2OC(CO)C(O)C(N)C2O)C1O. The number of carbonyl (C=O) groups is 1. The fraction of sp³-hybridized carbons (Fsp3) is 0.960. The van der Waals surface area contributed by atoms with E-state index in [9.17, 15) is 34.7 Å². The zero-order valence-corrected chi connectivity index (χ0v) is 23.7. The average Bonchev–Trinajstić information content (AvgIpc) is 2.98. The Hall–Kier alpha value is -1.16. The summed E-state index contributed by atoms with van der Waals surface area (Å²) >= 11 is 0. The van der Waals surface area contributed by atoms with Crippen molar-refractivity contribution < 1.29 is 48.9 Å². The van der Waals surface area contributed by atoms with Crippen LogP contribution in [0.5, 0.6) is 0 Å². The van der Waals surface area contributed by atoms with Gasteiger partial charge in [-0.3, -0.25) is 4.79 Å². The molecule has 3 rings (SSSR count). The topological polar surface area (TPSA) is 300 Å². The third kappa shape index (κ3) is 8.10. The van der Waals surface area contributed by atoms with Gasteiger partial charge in [-0.25, -0.2) is 4.39 Å². The molecule has 0 aromatic rings. The Balaban J connectivity index is 1.91. The highest BCUT2D eigenvalue weighted by atomic mass is 19.1. The van der Waals surface area contributed by atoms with Crippen molar-refractivity contribution in [3.05, 3.63) is 0 Å². The molecule has 17 heteroatoms. The van der Waals surface area contributed by atoms with Gasteiger partial charge in [0.15, 0.2) is 12.4 Å². The maximum Gasteiger partial charge on any atom is 0.252 e. The van der Waals surface area contributed by atoms with Crippen molar-refractivity contribution in [2.45, 2.75) is 111 Å². The summed E-state index contributed by atoms with van der Waals surface area (Å²) in [6, 6.07) is -3.36. The summed E-state index contributed by atoms with van der Waals surface area (Å²) < 4.78 is 31.9. The Labute approximate surface area is 244 Å². The number of hydrogen-bond acceptors (Lipinski definition) is 15. The largest absolute Gasteiger partial charge is 0.394 e. The second-order valence-electron chi connectivity index (χ2n) is 11.4. The molecule has 0 radical (unpaired) electrons. The van der Waals surface area contributed by atoms with Crippen molar-refractivity contribution in [1.82, 2.24) is 10.6 Å². The van der Waals surface area contributed by atoms with Crippen LogP contribution in [-0.2, 0) is 19.0 Å². The highest BCUT2D eigenvalue weighted by Crippen LogP contribution is 2.37. The van der Waals surface area contributed by atoms with E-state index in [0.29, 0.717) is 32.4 Å². The number of halogens is 1. The van der Waals surface area contributed by atoms with Gasteiger partial charge in [0.2, 0.25) is 0 Å². The standard InChI is InChI=1S/C25H50FN7O9/c26-11(8-29)18(35)24(39)33-14-6-12(30)16(22-13(32-5-1-4-27)3-2-10(7-28)40-22)20(37)23(14)42-25-21(38)17(31)19(36)15(9-34)41-25/h10-23,25,32,34-38H,1-9,27-31H2,(H,33,39). The first-order valence-corrected chi connectivity index (χ1v) is 14.6. The van der Waals surface area contributed by atoms with Crippen LogP contribution in [0.3, 0.4) is 0 Å². The van der Waals surface area contributed by atoms with Crippen LogP contribution in [0.15, 0.2) is 0 Å². The zero-order valence-electron chi connectivity index (χ0n) is 23.7. The van der Waals surface area contributed by atoms with E-state index in [1.54, 1.807) is 0 Å². The molecule has 16 nitrogen and oxygen atoms in total. The minimum Gasteiger partial charge on any atom is -0.394 e. The molecule has 0 aromatic heterocycles. The first-order chi connectivity index (χ1) is 20.0. The number of aliphatic hydroxyl groups excluding tert-OH is 5. The number of nitrogens with one attached hydrogen (secondary N) is 2. The molecule has 3 aliphatic rings. The van der Waals surface area contributed by atoms with Gasteiger partial charge in [0.1, 0.15) is 30.6 Å². The molecule has 0 bridgehead atoms. The molecule has 2 heterocycles. The van der Waals surface area contributed by atoms with E-state index in [4.69, 9.17) is 42.9 Å². The Bertz CT molecular complexity index is 837. The number of amides is 1. The Morgan fingerprint density at radius 2 is 1.76 bits per heavy atom. The van der Waals surface area contributed by atoms with Crippen LogP contribution in [0.4, 0.5) is 4.39 Å². The van der Waals surface area contributed by atoms with E-state index in [0.717, 1.165) is 0 Å². The lowest BCUT2D eigenvalue weighted by Crippen LogP contribution is -2.70. The number of aliphatic hydroxyl groups is 5. The summed E-state index contributed by atoms with van der Waals surface area (Å²) in [7, 11) is 0. The lowest BCUT2D eigenvalue weighted by molar-refractivity contribution is -0.306. The fourth-order valence-corrected chi connectivity index (χ4v) is 6.05. The molecule has 0 aromatic carbocycles. The Morgan fingerprint density at radius 1 is 1.05 bits per heavy atom. The van der Waals surface area contributed by atoms with Crippen LogP contribution in [0.2, 0.25) is 0 Å². The smallest absolute Gasteiger partial charge is 0.252 e. The molecule has 17 N–H and O–H groups in total. The Kier molecular flexibility index (Phi) is 13.7. The predicted molar refractivity (Wildman–Crippen MR) is 147 cm³/mol. The summed E-state index contributed by atoms with van der Waals surface area (Å²) in [5, 5.41) is 58.4. The number of rotatable bonds is 13. The number of hydrogen-bond donors (Lipinski definition) is 12. The quantitative estimate of drug-likeness (QED) is 0.0862. The molecule has 15 unspecified atom stereocenters. The van der Waals surface area contributed by atoms with Crippen LogP contribution >= 0.6 is 0 Å². The van der Waals surface area contributed by atoms with Crippen molar-refractivity contribution in [3.8, 4) is 0 Å². The van der Waals surface area contributed by atoms with Crippen LogP contribution in [-0.4, -0.2) is 150 Å². The average molecular weight is 612 g/mol. The van der Waals surface area contributed by atoms with Crippen LogP contribution < -0.4 is 39.3 Å². The Morgan fingerprint density at radius 3 is 2.38 bits per heavy atom. The van der Waals surface area contributed by atoms with Crippen LogP contribution in [0.25, 0.3) is 0 Å². The minimum atomic E-state index is -2.09. The lowest BCUT2D eigenvalue weighted by atomic mass is 9.72. The van der Waals surface area contributed by atoms with Crippen molar-refractivity contribution in [1.29, 1.82) is 0 Å². The third-order valence-corrected chi connectivity index (χ3v) is 8.52. The van der Waals surface area contributed by atoms with Gasteiger partial charge in [0.05, 0.1) is 37.0 Å². The highest BCUT2D eigenvalue weighted by Gasteiger charge is 2.53. The molecule has 1 saturated carbocycles. The van der Waals surface area contributed by atoms with Gasteiger partial charge in [0, 0.05) is 31.1 Å². The summed E-state index contributed by atoms with van der Waals surface area (Å²) in [4.78, 5) is 12.7. The van der Waals surface area contributed by atoms with E-state index >= 15 is 0 Å². The van der Waals surface area contributed by atoms with E-state index in [1.807, 2.05) is 0 Å². The molecule has 0 spiro atoms. The first kappa shape index (κ1) is 35.3. The maximum absolute atomic E-state index is 14.0. The van der Waals surface area contributed by atoms with Crippen LogP contribution in [0, 0.1) is 5.92 Å². The minimum absolute atomic E-state index is 0.00593. The lowest BCUT2D eigenvalue weighted by Gasteiger charge is -2.51. The molecule has 2 aliphatic heterocycles. The van der Waals surface area contributed by atoms with Gasteiger partial charge >= 0.3 is 0 Å². The molecule has 42 heavy (non-hydrogen) atoms. The number of carbonyl (C=O) groups excluding carboxylic acids is 1. The predicted octanol–water partition coefficient (Wildman–Crippen LogP) is -6.20. The molecule has 1 amide bonds. The number of alkyl halides is 1. The molecular formula is C25H50FN7O9.